The molecule has 0 aromatic carbocycles. The number of ether oxygens (including phenoxy) is 1. The number of methoxy groups -OCH3 is 1. The molecule has 20 heavy (non-hydrogen) atoms. The number of carbonyl (C=O) groups excluding carboxylic acids is 2. The zero-order chi connectivity index (χ0) is 14.9. The van der Waals surface area contributed by atoms with Crippen LogP contribution in [0.3, 0.4) is 0 Å². The minimum Gasteiger partial charge on any atom is -0.465 e. The first-order valence-electron chi connectivity index (χ1n) is 6.61. The largest absolute Gasteiger partial charge is 0.465 e. The normalized spacial score (nSPS) is 19.1. The molecule has 2 atom stereocenters. The molecule has 1 heterocycles. The Morgan fingerprint density at radius 3 is 2.80 bits per heavy atom. The summed E-state index contributed by atoms with van der Waals surface area (Å²) in [6.07, 6.45) is 2.84. The lowest BCUT2D eigenvalue weighted by Crippen LogP contribution is -2.21. The first-order valence-corrected chi connectivity index (χ1v) is 7.87. The van der Waals surface area contributed by atoms with E-state index in [-0.39, 0.29) is 5.91 Å². The molecule has 1 aromatic rings. The summed E-state index contributed by atoms with van der Waals surface area (Å²) < 4.78 is 4.85. The molecular weight excluding hydrogens is 298 g/mol. The predicted octanol–water partition coefficient (Wildman–Crippen LogP) is 3.23. The molecule has 1 N–H and O–H groups in total. The Morgan fingerprint density at radius 2 is 2.20 bits per heavy atom. The van der Waals surface area contributed by atoms with Crippen molar-refractivity contribution in [1.82, 2.24) is 0 Å². The lowest BCUT2D eigenvalue weighted by molar-refractivity contribution is -0.115. The summed E-state index contributed by atoms with van der Waals surface area (Å²) in [5.74, 6) is -0.0970. The molecule has 0 saturated carbocycles. The van der Waals surface area contributed by atoms with E-state index in [4.69, 9.17) is 16.3 Å². The third kappa shape index (κ3) is 2.99. The van der Waals surface area contributed by atoms with Crippen molar-refractivity contribution < 1.29 is 14.3 Å². The van der Waals surface area contributed by atoms with Gasteiger partial charge in [-0.15, -0.1) is 22.9 Å². The zero-order valence-electron chi connectivity index (χ0n) is 11.8. The number of esters is 1. The summed E-state index contributed by atoms with van der Waals surface area (Å²) in [6, 6.07) is 0. The maximum atomic E-state index is 12.0. The molecule has 0 aliphatic heterocycles. The Kier molecular flexibility index (Phi) is 4.70. The summed E-state index contributed by atoms with van der Waals surface area (Å²) in [5.41, 5.74) is 1.53. The van der Waals surface area contributed by atoms with Crippen LogP contribution in [0.5, 0.6) is 0 Å². The van der Waals surface area contributed by atoms with E-state index in [1.165, 1.54) is 23.3 Å². The molecule has 6 heteroatoms. The highest BCUT2D eigenvalue weighted by molar-refractivity contribution is 7.17. The van der Waals surface area contributed by atoms with Gasteiger partial charge in [0.1, 0.15) is 10.4 Å². The fourth-order valence-corrected chi connectivity index (χ4v) is 3.82. The topological polar surface area (TPSA) is 55.4 Å². The molecule has 0 saturated heterocycles. The SMILES string of the molecule is COC(=O)c1c(NC(=O)[C@@H](C)Cl)sc2c1CC[C@H](C)C2. The van der Waals surface area contributed by atoms with E-state index < -0.39 is 11.3 Å². The lowest BCUT2D eigenvalue weighted by atomic mass is 9.88. The Morgan fingerprint density at radius 1 is 1.50 bits per heavy atom. The van der Waals surface area contributed by atoms with Crippen LogP contribution in [0.15, 0.2) is 0 Å². The minimum absolute atomic E-state index is 0.302. The average Bonchev–Trinajstić information content (AvgIpc) is 2.74. The van der Waals surface area contributed by atoms with Gasteiger partial charge in [0, 0.05) is 4.88 Å². The maximum Gasteiger partial charge on any atom is 0.341 e. The van der Waals surface area contributed by atoms with E-state index in [0.29, 0.717) is 16.5 Å². The van der Waals surface area contributed by atoms with Gasteiger partial charge in [-0.05, 0) is 37.7 Å². The van der Waals surface area contributed by atoms with E-state index in [0.717, 1.165) is 24.8 Å². The third-order valence-corrected chi connectivity index (χ3v) is 4.87. The monoisotopic (exact) mass is 315 g/mol. The number of nitrogens with one attached hydrogen (secondary N) is 1. The molecular formula is C14H18ClNO3S. The second-order valence-corrected chi connectivity index (χ2v) is 6.91. The van der Waals surface area contributed by atoms with Crippen LogP contribution < -0.4 is 5.32 Å². The molecule has 1 aromatic heterocycles. The van der Waals surface area contributed by atoms with Crippen molar-refractivity contribution in [1.29, 1.82) is 0 Å². The van der Waals surface area contributed by atoms with Crippen molar-refractivity contribution in [3.8, 4) is 0 Å². The summed E-state index contributed by atoms with van der Waals surface area (Å²) in [5, 5.41) is 2.67. The molecule has 1 aliphatic rings. The summed E-state index contributed by atoms with van der Waals surface area (Å²) in [4.78, 5) is 24.9. The van der Waals surface area contributed by atoms with Crippen LogP contribution in [0.2, 0.25) is 0 Å². The second kappa shape index (κ2) is 6.14. The number of hydrogen-bond acceptors (Lipinski definition) is 4. The van der Waals surface area contributed by atoms with Crippen molar-refractivity contribution in [3.05, 3.63) is 16.0 Å². The van der Waals surface area contributed by atoms with Gasteiger partial charge >= 0.3 is 5.97 Å². The van der Waals surface area contributed by atoms with E-state index >= 15 is 0 Å². The average molecular weight is 316 g/mol. The highest BCUT2D eigenvalue weighted by atomic mass is 35.5. The molecule has 1 amide bonds. The van der Waals surface area contributed by atoms with E-state index in [9.17, 15) is 9.59 Å². The summed E-state index contributed by atoms with van der Waals surface area (Å²) in [6.45, 7) is 3.80. The first-order chi connectivity index (χ1) is 9.43. The van der Waals surface area contributed by atoms with Crippen LogP contribution in [-0.4, -0.2) is 24.4 Å². The Labute approximate surface area is 127 Å². The summed E-state index contributed by atoms with van der Waals surface area (Å²) >= 11 is 7.23. The predicted molar refractivity (Wildman–Crippen MR) is 80.8 cm³/mol. The summed E-state index contributed by atoms with van der Waals surface area (Å²) in [7, 11) is 1.35. The van der Waals surface area contributed by atoms with Gasteiger partial charge in [0.15, 0.2) is 0 Å². The van der Waals surface area contributed by atoms with Crippen LogP contribution in [-0.2, 0) is 22.4 Å². The number of rotatable bonds is 3. The van der Waals surface area contributed by atoms with Gasteiger partial charge in [0.25, 0.3) is 0 Å². The molecule has 0 unspecified atom stereocenters. The molecule has 110 valence electrons. The van der Waals surface area contributed by atoms with E-state index in [1.807, 2.05) is 0 Å². The van der Waals surface area contributed by atoms with Gasteiger partial charge in [-0.25, -0.2) is 4.79 Å². The number of fused-ring (bicyclic) bond motifs is 1. The van der Waals surface area contributed by atoms with Crippen molar-refractivity contribution in [2.24, 2.45) is 5.92 Å². The number of amides is 1. The number of halogens is 1. The van der Waals surface area contributed by atoms with Crippen LogP contribution >= 0.6 is 22.9 Å². The number of carbonyl (C=O) groups is 2. The van der Waals surface area contributed by atoms with Gasteiger partial charge in [0.05, 0.1) is 12.7 Å². The molecule has 0 radical (unpaired) electrons. The second-order valence-electron chi connectivity index (χ2n) is 5.15. The molecule has 2 rings (SSSR count). The van der Waals surface area contributed by atoms with E-state index in [1.54, 1.807) is 6.92 Å². The van der Waals surface area contributed by atoms with Crippen molar-refractivity contribution in [2.45, 2.75) is 38.5 Å². The van der Waals surface area contributed by atoms with E-state index in [2.05, 4.69) is 12.2 Å². The van der Waals surface area contributed by atoms with Crippen LogP contribution in [0, 0.1) is 5.92 Å². The van der Waals surface area contributed by atoms with Gasteiger partial charge in [0.2, 0.25) is 5.91 Å². The first kappa shape index (κ1) is 15.3. The lowest BCUT2D eigenvalue weighted by Gasteiger charge is -2.18. The van der Waals surface area contributed by atoms with Gasteiger partial charge in [-0.3, -0.25) is 4.79 Å². The molecule has 0 fully saturated rings. The standard InChI is InChI=1S/C14H18ClNO3S/c1-7-4-5-9-10(6-7)20-13(11(9)14(18)19-3)16-12(17)8(2)15/h7-8H,4-6H2,1-3H3,(H,16,17)/t7-,8+/m0/s1. The third-order valence-electron chi connectivity index (χ3n) is 3.50. The number of hydrogen-bond donors (Lipinski definition) is 1. The van der Waals surface area contributed by atoms with Crippen molar-refractivity contribution in [2.75, 3.05) is 12.4 Å². The number of thiophene rings is 1. The Bertz CT molecular complexity index is 539. The smallest absolute Gasteiger partial charge is 0.341 e. The quantitative estimate of drug-likeness (QED) is 0.688. The van der Waals surface area contributed by atoms with Crippen LogP contribution in [0.4, 0.5) is 5.00 Å². The maximum absolute atomic E-state index is 12.0. The highest BCUT2D eigenvalue weighted by Crippen LogP contribution is 2.40. The molecule has 0 bridgehead atoms. The van der Waals surface area contributed by atoms with Crippen LogP contribution in [0.25, 0.3) is 0 Å². The zero-order valence-corrected chi connectivity index (χ0v) is 13.4. The Hall–Kier alpha value is -1.07. The van der Waals surface area contributed by atoms with Crippen LogP contribution in [0.1, 0.15) is 41.1 Å². The fourth-order valence-electron chi connectivity index (χ4n) is 2.37. The molecule has 4 nitrogen and oxygen atoms in total. The highest BCUT2D eigenvalue weighted by Gasteiger charge is 2.29. The van der Waals surface area contributed by atoms with Gasteiger partial charge in [-0.1, -0.05) is 6.92 Å². The Balaban J connectivity index is 2.40. The van der Waals surface area contributed by atoms with Gasteiger partial charge < -0.3 is 10.1 Å². The minimum atomic E-state index is -0.640. The number of alkyl halides is 1. The van der Waals surface area contributed by atoms with Gasteiger partial charge in [-0.2, -0.15) is 0 Å². The molecule has 0 spiro atoms. The molecule has 1 aliphatic carbocycles. The fraction of sp³-hybridized carbons (Fsp3) is 0.571. The van der Waals surface area contributed by atoms with Crippen molar-refractivity contribution >= 4 is 39.8 Å². The van der Waals surface area contributed by atoms with Crippen molar-refractivity contribution in [3.63, 3.8) is 0 Å². The number of anilines is 1.